The van der Waals surface area contributed by atoms with E-state index in [1.807, 2.05) is 12.1 Å². The highest BCUT2D eigenvalue weighted by molar-refractivity contribution is 5.71. The molecule has 1 aliphatic rings. The molecular formula is C19H22N4O5. The van der Waals surface area contributed by atoms with Gasteiger partial charge in [0, 0.05) is 13.1 Å². The van der Waals surface area contributed by atoms with Gasteiger partial charge in [-0.2, -0.15) is 4.98 Å². The Morgan fingerprint density at radius 1 is 1.25 bits per heavy atom. The maximum Gasteiger partial charge on any atom is 0.373 e. The summed E-state index contributed by atoms with van der Waals surface area (Å²) in [4.78, 5) is 32.0. The number of carboxylic acid groups (broad SMARTS) is 1. The van der Waals surface area contributed by atoms with Crippen LogP contribution in [0.15, 0.2) is 30.6 Å². The molecule has 148 valence electrons. The van der Waals surface area contributed by atoms with Gasteiger partial charge in [0.25, 0.3) is 0 Å². The number of piperidine rings is 1. The Morgan fingerprint density at radius 3 is 2.43 bits per heavy atom. The van der Waals surface area contributed by atoms with Crippen molar-refractivity contribution in [3.8, 4) is 11.6 Å². The number of nitrogens with zero attached hydrogens (tertiary/aromatic N) is 4. The second-order valence-electron chi connectivity index (χ2n) is 7.03. The lowest BCUT2D eigenvalue weighted by atomic mass is 9.97. The fourth-order valence-electron chi connectivity index (χ4n) is 3.19. The second-order valence-corrected chi connectivity index (χ2v) is 7.03. The van der Waals surface area contributed by atoms with Crippen LogP contribution in [-0.2, 0) is 4.79 Å². The third-order valence-corrected chi connectivity index (χ3v) is 4.86. The largest absolute Gasteiger partial charge is 0.481 e. The highest BCUT2D eigenvalue weighted by atomic mass is 16.6. The first-order chi connectivity index (χ1) is 13.4. The van der Waals surface area contributed by atoms with Gasteiger partial charge in [-0.1, -0.05) is 26.0 Å². The van der Waals surface area contributed by atoms with Crippen molar-refractivity contribution < 1.29 is 19.6 Å². The van der Waals surface area contributed by atoms with Gasteiger partial charge in [0.15, 0.2) is 0 Å². The van der Waals surface area contributed by atoms with E-state index in [0.29, 0.717) is 37.6 Å². The van der Waals surface area contributed by atoms with Crippen LogP contribution in [0, 0.1) is 16.0 Å². The van der Waals surface area contributed by atoms with E-state index in [1.54, 1.807) is 17.0 Å². The van der Waals surface area contributed by atoms with Crippen LogP contribution in [0.5, 0.6) is 11.6 Å². The SMILES string of the molecule is CC(C)c1ccc(Oc2ncnc(N3CCC(C(=O)O)CC3)c2[N+](=O)[O-])cc1. The summed E-state index contributed by atoms with van der Waals surface area (Å²) in [5.74, 6) is -0.451. The first kappa shape index (κ1) is 19.5. The Morgan fingerprint density at radius 2 is 1.89 bits per heavy atom. The fourth-order valence-corrected chi connectivity index (χ4v) is 3.19. The van der Waals surface area contributed by atoms with Gasteiger partial charge in [-0.25, -0.2) is 4.98 Å². The van der Waals surface area contributed by atoms with E-state index < -0.39 is 16.8 Å². The summed E-state index contributed by atoms with van der Waals surface area (Å²) in [6, 6.07) is 7.31. The van der Waals surface area contributed by atoms with Crippen molar-refractivity contribution in [1.82, 2.24) is 9.97 Å². The number of carbonyl (C=O) groups is 1. The number of rotatable bonds is 6. The molecular weight excluding hydrogens is 364 g/mol. The number of carboxylic acids is 1. The maximum absolute atomic E-state index is 11.7. The third kappa shape index (κ3) is 4.19. The molecule has 1 N–H and O–H groups in total. The Hall–Kier alpha value is -3.23. The number of aromatic nitrogens is 2. The Balaban J connectivity index is 1.86. The summed E-state index contributed by atoms with van der Waals surface area (Å²) in [7, 11) is 0. The summed E-state index contributed by atoms with van der Waals surface area (Å²) in [5.41, 5.74) is 0.815. The average molecular weight is 386 g/mol. The van der Waals surface area contributed by atoms with E-state index in [0.717, 1.165) is 5.56 Å². The van der Waals surface area contributed by atoms with Crippen LogP contribution in [0.3, 0.4) is 0 Å². The minimum atomic E-state index is -0.842. The zero-order valence-corrected chi connectivity index (χ0v) is 15.7. The molecule has 0 atom stereocenters. The molecule has 0 unspecified atom stereocenters. The van der Waals surface area contributed by atoms with Crippen LogP contribution in [0.2, 0.25) is 0 Å². The van der Waals surface area contributed by atoms with Gasteiger partial charge in [0.2, 0.25) is 5.82 Å². The van der Waals surface area contributed by atoms with Crippen LogP contribution in [0.1, 0.15) is 38.2 Å². The molecule has 0 spiro atoms. The number of ether oxygens (including phenoxy) is 1. The Kier molecular flexibility index (Phi) is 5.72. The molecule has 0 radical (unpaired) electrons. The highest BCUT2D eigenvalue weighted by Gasteiger charge is 2.32. The van der Waals surface area contributed by atoms with Gasteiger partial charge in [0.05, 0.1) is 10.8 Å². The van der Waals surface area contributed by atoms with Gasteiger partial charge in [-0.15, -0.1) is 0 Å². The molecule has 0 aliphatic carbocycles. The molecule has 0 saturated carbocycles. The van der Waals surface area contributed by atoms with Crippen LogP contribution >= 0.6 is 0 Å². The standard InChI is InChI=1S/C19H22N4O5/c1-12(2)13-3-5-15(6-4-13)28-18-16(23(26)27)17(20-11-21-18)22-9-7-14(8-10-22)19(24)25/h3-6,11-12,14H,7-10H2,1-2H3,(H,24,25). The lowest BCUT2D eigenvalue weighted by Crippen LogP contribution is -2.37. The van der Waals surface area contributed by atoms with Crippen molar-refractivity contribution in [3.05, 3.63) is 46.3 Å². The Bertz CT molecular complexity index is 861. The van der Waals surface area contributed by atoms with Gasteiger partial charge in [-0.05, 0) is 36.5 Å². The van der Waals surface area contributed by atoms with E-state index in [-0.39, 0.29) is 17.4 Å². The molecule has 1 saturated heterocycles. The first-order valence-corrected chi connectivity index (χ1v) is 9.11. The summed E-state index contributed by atoms with van der Waals surface area (Å²) < 4.78 is 5.68. The van der Waals surface area contributed by atoms with E-state index >= 15 is 0 Å². The molecule has 9 nitrogen and oxygen atoms in total. The highest BCUT2D eigenvalue weighted by Crippen LogP contribution is 2.37. The zero-order valence-electron chi connectivity index (χ0n) is 15.7. The molecule has 3 rings (SSSR count). The van der Waals surface area contributed by atoms with Gasteiger partial charge < -0.3 is 14.7 Å². The monoisotopic (exact) mass is 386 g/mol. The molecule has 1 fully saturated rings. The van der Waals surface area contributed by atoms with Gasteiger partial charge in [-0.3, -0.25) is 14.9 Å². The number of benzene rings is 1. The summed E-state index contributed by atoms with van der Waals surface area (Å²) >= 11 is 0. The van der Waals surface area contributed by atoms with Gasteiger partial charge >= 0.3 is 17.5 Å². The van der Waals surface area contributed by atoms with Crippen molar-refractivity contribution in [2.45, 2.75) is 32.6 Å². The molecule has 1 aromatic heterocycles. The van der Waals surface area contributed by atoms with Crippen molar-refractivity contribution in [2.75, 3.05) is 18.0 Å². The van der Waals surface area contributed by atoms with Crippen molar-refractivity contribution >= 4 is 17.5 Å². The normalized spacial score (nSPS) is 14.9. The summed E-state index contributed by atoms with van der Waals surface area (Å²) in [6.07, 6.45) is 2.04. The molecule has 0 amide bonds. The van der Waals surface area contributed by atoms with Crippen LogP contribution in [-0.4, -0.2) is 39.1 Å². The molecule has 1 aliphatic heterocycles. The van der Waals surface area contributed by atoms with E-state index in [2.05, 4.69) is 23.8 Å². The predicted octanol–water partition coefficient (Wildman–Crippen LogP) is 3.60. The lowest BCUT2D eigenvalue weighted by Gasteiger charge is -2.30. The van der Waals surface area contributed by atoms with E-state index in [4.69, 9.17) is 9.84 Å². The topological polar surface area (TPSA) is 119 Å². The predicted molar refractivity (Wildman–Crippen MR) is 102 cm³/mol. The summed E-state index contributed by atoms with van der Waals surface area (Å²) in [5, 5.41) is 20.8. The molecule has 28 heavy (non-hydrogen) atoms. The quantitative estimate of drug-likeness (QED) is 0.591. The van der Waals surface area contributed by atoms with Crippen LogP contribution in [0.4, 0.5) is 11.5 Å². The molecule has 1 aromatic carbocycles. The second kappa shape index (κ2) is 8.20. The van der Waals surface area contributed by atoms with Crippen molar-refractivity contribution in [1.29, 1.82) is 0 Å². The number of hydrogen-bond acceptors (Lipinski definition) is 7. The summed E-state index contributed by atoms with van der Waals surface area (Å²) in [6.45, 7) is 4.89. The minimum absolute atomic E-state index is 0.132. The number of aliphatic carboxylic acids is 1. The molecule has 0 bridgehead atoms. The molecule has 2 heterocycles. The van der Waals surface area contributed by atoms with E-state index in [1.165, 1.54) is 6.33 Å². The third-order valence-electron chi connectivity index (χ3n) is 4.86. The van der Waals surface area contributed by atoms with Crippen LogP contribution in [0.25, 0.3) is 0 Å². The lowest BCUT2D eigenvalue weighted by molar-refractivity contribution is -0.385. The number of anilines is 1. The molecule has 9 heteroatoms. The number of nitro groups is 1. The van der Waals surface area contributed by atoms with Crippen LogP contribution < -0.4 is 9.64 Å². The van der Waals surface area contributed by atoms with Crippen molar-refractivity contribution in [3.63, 3.8) is 0 Å². The van der Waals surface area contributed by atoms with Gasteiger partial charge in [0.1, 0.15) is 12.1 Å². The zero-order chi connectivity index (χ0) is 20.3. The first-order valence-electron chi connectivity index (χ1n) is 9.11. The Labute approximate surface area is 162 Å². The smallest absolute Gasteiger partial charge is 0.373 e. The fraction of sp³-hybridized carbons (Fsp3) is 0.421. The maximum atomic E-state index is 11.7. The number of hydrogen-bond donors (Lipinski definition) is 1. The minimum Gasteiger partial charge on any atom is -0.481 e. The van der Waals surface area contributed by atoms with Crippen molar-refractivity contribution in [2.24, 2.45) is 5.92 Å². The average Bonchev–Trinajstić information content (AvgIpc) is 2.68. The molecule has 2 aromatic rings. The van der Waals surface area contributed by atoms with E-state index in [9.17, 15) is 14.9 Å².